The van der Waals surface area contributed by atoms with Crippen LogP contribution >= 0.6 is 11.8 Å². The molecule has 3 aromatic carbocycles. The molecule has 1 amide bonds. The molecule has 0 unspecified atom stereocenters. The van der Waals surface area contributed by atoms with Crippen molar-refractivity contribution in [2.24, 2.45) is 4.99 Å². The van der Waals surface area contributed by atoms with Crippen molar-refractivity contribution in [2.45, 2.75) is 6.54 Å². The average Bonchev–Trinajstić information content (AvgIpc) is 3.30. The molecule has 4 nitrogen and oxygen atoms in total. The van der Waals surface area contributed by atoms with Crippen LogP contribution in [0.3, 0.4) is 0 Å². The van der Waals surface area contributed by atoms with Crippen LogP contribution < -0.4 is 5.32 Å². The Kier molecular flexibility index (Phi) is 5.14. The predicted octanol–water partition coefficient (Wildman–Crippen LogP) is 5.72. The van der Waals surface area contributed by atoms with Gasteiger partial charge in [0.05, 0.1) is 17.1 Å². The van der Waals surface area contributed by atoms with Crippen molar-refractivity contribution in [3.05, 3.63) is 107 Å². The van der Waals surface area contributed by atoms with Gasteiger partial charge in [0.15, 0.2) is 5.17 Å². The standard InChI is InChI=1S/C25H18FN3OS/c26-21-12-6-4-8-17(21)15-29-16-18(20-11-5-7-13-22(20)29)14-23-24(30)28-25(31-23)27-19-9-2-1-3-10-19/h1-14,16H,15H2,(H,27,28,30)/b23-14-. The van der Waals surface area contributed by atoms with Gasteiger partial charge < -0.3 is 9.88 Å². The second-order valence-electron chi connectivity index (χ2n) is 7.14. The first kappa shape index (κ1) is 19.3. The third-order valence-electron chi connectivity index (χ3n) is 5.04. The van der Waals surface area contributed by atoms with Gasteiger partial charge in [0.25, 0.3) is 5.91 Å². The number of halogens is 1. The molecular weight excluding hydrogens is 409 g/mol. The van der Waals surface area contributed by atoms with Crippen LogP contribution in [0.1, 0.15) is 11.1 Å². The van der Waals surface area contributed by atoms with Crippen molar-refractivity contribution in [2.75, 3.05) is 0 Å². The summed E-state index contributed by atoms with van der Waals surface area (Å²) in [7, 11) is 0. The van der Waals surface area contributed by atoms with E-state index in [2.05, 4.69) is 10.3 Å². The molecular formula is C25H18FN3OS. The van der Waals surface area contributed by atoms with E-state index in [-0.39, 0.29) is 11.7 Å². The lowest BCUT2D eigenvalue weighted by molar-refractivity contribution is -0.115. The SMILES string of the molecule is O=C1NC(=Nc2ccccc2)S/C1=C\c1cn(Cc2ccccc2F)c2ccccc12. The number of carbonyl (C=O) groups is 1. The molecule has 1 saturated heterocycles. The van der Waals surface area contributed by atoms with Crippen LogP contribution in [0.2, 0.25) is 0 Å². The minimum atomic E-state index is -0.229. The lowest BCUT2D eigenvalue weighted by Gasteiger charge is -2.06. The smallest absolute Gasteiger partial charge is 0.264 e. The van der Waals surface area contributed by atoms with Gasteiger partial charge in [-0.2, -0.15) is 0 Å². The van der Waals surface area contributed by atoms with Gasteiger partial charge in [0.2, 0.25) is 0 Å². The molecule has 1 aliphatic rings. The number of amides is 1. The van der Waals surface area contributed by atoms with E-state index in [0.29, 0.717) is 22.2 Å². The quantitative estimate of drug-likeness (QED) is 0.424. The van der Waals surface area contributed by atoms with Gasteiger partial charge >= 0.3 is 0 Å². The number of para-hydroxylation sites is 2. The number of nitrogens with one attached hydrogen (secondary N) is 1. The Morgan fingerprint density at radius 3 is 2.55 bits per heavy atom. The zero-order chi connectivity index (χ0) is 21.2. The average molecular weight is 428 g/mol. The molecule has 1 fully saturated rings. The number of hydrogen-bond donors (Lipinski definition) is 1. The van der Waals surface area contributed by atoms with Crippen molar-refractivity contribution >= 4 is 45.5 Å². The number of fused-ring (bicyclic) bond motifs is 1. The first-order chi connectivity index (χ1) is 15.2. The fourth-order valence-corrected chi connectivity index (χ4v) is 4.41. The van der Waals surface area contributed by atoms with Crippen LogP contribution in [0.25, 0.3) is 17.0 Å². The summed E-state index contributed by atoms with van der Waals surface area (Å²) in [6, 6.07) is 24.2. The molecule has 0 atom stereocenters. The van der Waals surface area contributed by atoms with Crippen LogP contribution in [0.15, 0.2) is 95.0 Å². The summed E-state index contributed by atoms with van der Waals surface area (Å²) in [6.45, 7) is 0.413. The number of hydrogen-bond acceptors (Lipinski definition) is 3. The van der Waals surface area contributed by atoms with E-state index >= 15 is 0 Å². The fraction of sp³-hybridized carbons (Fsp3) is 0.0400. The maximum absolute atomic E-state index is 14.2. The Morgan fingerprint density at radius 1 is 0.968 bits per heavy atom. The number of carbonyl (C=O) groups excluding carboxylic acids is 1. The Balaban J connectivity index is 1.49. The first-order valence-electron chi connectivity index (χ1n) is 9.83. The summed E-state index contributed by atoms with van der Waals surface area (Å²) < 4.78 is 16.2. The van der Waals surface area contributed by atoms with Gasteiger partial charge in [0.1, 0.15) is 5.82 Å². The van der Waals surface area contributed by atoms with E-state index in [1.165, 1.54) is 17.8 Å². The van der Waals surface area contributed by atoms with Gasteiger partial charge in [-0.3, -0.25) is 4.79 Å². The van der Waals surface area contributed by atoms with Crippen LogP contribution in [0.5, 0.6) is 0 Å². The van der Waals surface area contributed by atoms with Crippen molar-refractivity contribution in [1.82, 2.24) is 9.88 Å². The molecule has 6 heteroatoms. The lowest BCUT2D eigenvalue weighted by Crippen LogP contribution is -2.19. The molecule has 4 aromatic rings. The van der Waals surface area contributed by atoms with Crippen molar-refractivity contribution in [3.63, 3.8) is 0 Å². The Bertz CT molecular complexity index is 1340. The molecule has 1 aromatic heterocycles. The highest BCUT2D eigenvalue weighted by atomic mass is 32.2. The lowest BCUT2D eigenvalue weighted by atomic mass is 10.1. The summed E-state index contributed by atoms with van der Waals surface area (Å²) >= 11 is 1.31. The Hall–Kier alpha value is -3.64. The number of nitrogens with zero attached hydrogens (tertiary/aromatic N) is 2. The minimum Gasteiger partial charge on any atom is -0.342 e. The molecule has 1 N–H and O–H groups in total. The molecule has 31 heavy (non-hydrogen) atoms. The molecule has 0 saturated carbocycles. The van der Waals surface area contributed by atoms with Crippen LogP contribution in [-0.2, 0) is 11.3 Å². The van der Waals surface area contributed by atoms with Crippen molar-refractivity contribution < 1.29 is 9.18 Å². The zero-order valence-electron chi connectivity index (χ0n) is 16.5. The topological polar surface area (TPSA) is 46.4 Å². The first-order valence-corrected chi connectivity index (χ1v) is 10.6. The maximum Gasteiger partial charge on any atom is 0.264 e. The molecule has 152 valence electrons. The Labute approximate surface area is 183 Å². The monoisotopic (exact) mass is 427 g/mol. The van der Waals surface area contributed by atoms with Crippen LogP contribution in [0, 0.1) is 5.82 Å². The predicted molar refractivity (Wildman–Crippen MR) is 125 cm³/mol. The van der Waals surface area contributed by atoms with Crippen molar-refractivity contribution in [1.29, 1.82) is 0 Å². The van der Waals surface area contributed by atoms with E-state index in [1.807, 2.05) is 77.5 Å². The summed E-state index contributed by atoms with van der Waals surface area (Å²) in [4.78, 5) is 17.6. The van der Waals surface area contributed by atoms with Gasteiger partial charge in [-0.1, -0.05) is 54.6 Å². The van der Waals surface area contributed by atoms with E-state index in [1.54, 1.807) is 12.1 Å². The number of amidine groups is 1. The molecule has 0 aliphatic carbocycles. The second kappa shape index (κ2) is 8.24. The minimum absolute atomic E-state index is 0.175. The van der Waals surface area contributed by atoms with E-state index < -0.39 is 0 Å². The van der Waals surface area contributed by atoms with E-state index in [9.17, 15) is 9.18 Å². The largest absolute Gasteiger partial charge is 0.342 e. The summed E-state index contributed by atoms with van der Waals surface area (Å²) in [5.74, 6) is -0.404. The maximum atomic E-state index is 14.2. The third-order valence-corrected chi connectivity index (χ3v) is 5.95. The van der Waals surface area contributed by atoms with Crippen LogP contribution in [-0.4, -0.2) is 15.6 Å². The van der Waals surface area contributed by atoms with Gasteiger partial charge in [-0.05, 0) is 42.1 Å². The molecule has 1 aliphatic heterocycles. The third kappa shape index (κ3) is 4.02. The summed E-state index contributed by atoms with van der Waals surface area (Å²) in [6.07, 6.45) is 3.83. The number of aliphatic imine (C=N–C) groups is 1. The van der Waals surface area contributed by atoms with Crippen molar-refractivity contribution in [3.8, 4) is 0 Å². The zero-order valence-corrected chi connectivity index (χ0v) is 17.3. The molecule has 5 rings (SSSR count). The van der Waals surface area contributed by atoms with Gasteiger partial charge in [0, 0.05) is 28.2 Å². The second-order valence-corrected chi connectivity index (χ2v) is 8.17. The van der Waals surface area contributed by atoms with E-state index in [4.69, 9.17) is 0 Å². The highest BCUT2D eigenvalue weighted by Crippen LogP contribution is 2.31. The highest BCUT2D eigenvalue weighted by molar-refractivity contribution is 8.18. The van der Waals surface area contributed by atoms with Gasteiger partial charge in [-0.15, -0.1) is 0 Å². The molecule has 0 radical (unpaired) electrons. The molecule has 0 bridgehead atoms. The van der Waals surface area contributed by atoms with Crippen LogP contribution in [0.4, 0.5) is 10.1 Å². The number of thioether (sulfide) groups is 1. The molecule has 0 spiro atoms. The number of benzene rings is 3. The number of rotatable bonds is 4. The Morgan fingerprint density at radius 2 is 1.71 bits per heavy atom. The normalized spacial score (nSPS) is 16.4. The van der Waals surface area contributed by atoms with Gasteiger partial charge in [-0.25, -0.2) is 9.38 Å². The van der Waals surface area contributed by atoms with E-state index in [0.717, 1.165) is 22.2 Å². The molecule has 2 heterocycles. The summed E-state index contributed by atoms with van der Waals surface area (Å²) in [5, 5.41) is 4.39. The number of aromatic nitrogens is 1. The highest BCUT2D eigenvalue weighted by Gasteiger charge is 2.24. The fourth-order valence-electron chi connectivity index (χ4n) is 3.57. The summed E-state index contributed by atoms with van der Waals surface area (Å²) in [5.41, 5.74) is 3.30.